The van der Waals surface area contributed by atoms with Gasteiger partial charge < -0.3 is 5.32 Å². The van der Waals surface area contributed by atoms with Crippen LogP contribution in [-0.4, -0.2) is 56.3 Å². The van der Waals surface area contributed by atoms with E-state index in [2.05, 4.69) is 22.3 Å². The molecule has 1 N–H and O–H groups in total. The lowest BCUT2D eigenvalue weighted by molar-refractivity contribution is 0.0953. The van der Waals surface area contributed by atoms with Crippen molar-refractivity contribution in [1.29, 1.82) is 0 Å². The van der Waals surface area contributed by atoms with Crippen molar-refractivity contribution in [1.82, 2.24) is 14.5 Å². The first-order valence-corrected chi connectivity index (χ1v) is 13.1. The molecule has 1 fully saturated rings. The maximum absolute atomic E-state index is 12.8. The number of hydrogen-bond donors (Lipinski definition) is 1. The summed E-state index contributed by atoms with van der Waals surface area (Å²) in [5.41, 5.74) is 3.04. The molecule has 0 spiro atoms. The Balaban J connectivity index is 1.21. The van der Waals surface area contributed by atoms with Crippen molar-refractivity contribution < 1.29 is 13.2 Å². The van der Waals surface area contributed by atoms with Crippen molar-refractivity contribution in [3.8, 4) is 0 Å². The molecule has 1 heterocycles. The average molecular weight is 478 g/mol. The van der Waals surface area contributed by atoms with Gasteiger partial charge in [-0.15, -0.1) is 0 Å². The summed E-state index contributed by atoms with van der Waals surface area (Å²) in [7, 11) is -3.44. The SMILES string of the molecule is O=C(NCCCc1ccccc1)c1ccc(CN2CCN(S(=O)(=O)c3ccccc3)CC2)cc1. The van der Waals surface area contributed by atoms with Crippen LogP contribution < -0.4 is 5.32 Å². The lowest BCUT2D eigenvalue weighted by Crippen LogP contribution is -2.48. The van der Waals surface area contributed by atoms with Crippen molar-refractivity contribution in [3.63, 3.8) is 0 Å². The second-order valence-electron chi connectivity index (χ2n) is 8.54. The van der Waals surface area contributed by atoms with Crippen LogP contribution in [0.15, 0.2) is 89.8 Å². The molecule has 0 aliphatic carbocycles. The van der Waals surface area contributed by atoms with Crippen molar-refractivity contribution >= 4 is 15.9 Å². The summed E-state index contributed by atoms with van der Waals surface area (Å²) in [6.07, 6.45) is 1.85. The number of rotatable bonds is 9. The van der Waals surface area contributed by atoms with Crippen molar-refractivity contribution in [2.24, 2.45) is 0 Å². The predicted octanol–water partition coefficient (Wildman–Crippen LogP) is 3.56. The minimum absolute atomic E-state index is 0.0562. The third-order valence-electron chi connectivity index (χ3n) is 6.11. The summed E-state index contributed by atoms with van der Waals surface area (Å²) in [5, 5.41) is 2.99. The number of nitrogens with zero attached hydrogens (tertiary/aromatic N) is 2. The van der Waals surface area contributed by atoms with Crippen LogP contribution in [0.4, 0.5) is 0 Å². The topological polar surface area (TPSA) is 69.7 Å². The van der Waals surface area contributed by atoms with Crippen molar-refractivity contribution in [2.75, 3.05) is 32.7 Å². The molecule has 1 amide bonds. The van der Waals surface area contributed by atoms with E-state index < -0.39 is 10.0 Å². The highest BCUT2D eigenvalue weighted by molar-refractivity contribution is 7.89. The van der Waals surface area contributed by atoms with Gasteiger partial charge in [0.2, 0.25) is 10.0 Å². The van der Waals surface area contributed by atoms with Crippen LogP contribution in [0.5, 0.6) is 0 Å². The Bertz CT molecular complexity index is 1160. The smallest absolute Gasteiger partial charge is 0.251 e. The predicted molar refractivity (Wildman–Crippen MR) is 134 cm³/mol. The van der Waals surface area contributed by atoms with E-state index in [1.807, 2.05) is 48.5 Å². The Morgan fingerprint density at radius 2 is 1.38 bits per heavy atom. The number of carbonyl (C=O) groups is 1. The second kappa shape index (κ2) is 11.4. The van der Waals surface area contributed by atoms with E-state index in [0.717, 1.165) is 24.9 Å². The molecular weight excluding hydrogens is 446 g/mol. The Kier molecular flexibility index (Phi) is 8.11. The zero-order valence-corrected chi connectivity index (χ0v) is 20.1. The highest BCUT2D eigenvalue weighted by Gasteiger charge is 2.28. The molecule has 0 atom stereocenters. The summed E-state index contributed by atoms with van der Waals surface area (Å²) in [6.45, 7) is 3.68. The first-order chi connectivity index (χ1) is 16.5. The molecule has 3 aromatic rings. The number of carbonyl (C=O) groups excluding carboxylic acids is 1. The van der Waals surface area contributed by atoms with Gasteiger partial charge >= 0.3 is 0 Å². The highest BCUT2D eigenvalue weighted by Crippen LogP contribution is 2.18. The molecule has 1 aliphatic heterocycles. The average Bonchev–Trinajstić information content (AvgIpc) is 2.88. The third-order valence-corrected chi connectivity index (χ3v) is 8.02. The van der Waals surface area contributed by atoms with Gasteiger partial charge in [0, 0.05) is 44.8 Å². The summed E-state index contributed by atoms with van der Waals surface area (Å²) in [5.74, 6) is -0.0562. The molecule has 0 saturated carbocycles. The number of hydrogen-bond acceptors (Lipinski definition) is 4. The fraction of sp³-hybridized carbons (Fsp3) is 0.296. The minimum atomic E-state index is -3.44. The van der Waals surface area contributed by atoms with Crippen LogP contribution in [0.2, 0.25) is 0 Å². The largest absolute Gasteiger partial charge is 0.352 e. The zero-order valence-electron chi connectivity index (χ0n) is 19.3. The lowest BCUT2D eigenvalue weighted by Gasteiger charge is -2.34. The molecule has 0 radical (unpaired) electrons. The van der Waals surface area contributed by atoms with Gasteiger partial charge in [-0.1, -0.05) is 60.7 Å². The summed E-state index contributed by atoms with van der Waals surface area (Å²) < 4.78 is 27.1. The maximum atomic E-state index is 12.8. The van der Waals surface area contributed by atoms with E-state index >= 15 is 0 Å². The molecule has 178 valence electrons. The van der Waals surface area contributed by atoms with Crippen LogP contribution in [-0.2, 0) is 23.0 Å². The number of nitrogens with one attached hydrogen (secondary N) is 1. The van der Waals surface area contributed by atoms with Gasteiger partial charge in [0.15, 0.2) is 0 Å². The van der Waals surface area contributed by atoms with E-state index in [1.54, 1.807) is 28.6 Å². The Hall–Kier alpha value is -3.00. The summed E-state index contributed by atoms with van der Waals surface area (Å²) in [6, 6.07) is 26.5. The zero-order chi connectivity index (χ0) is 23.8. The number of benzene rings is 3. The van der Waals surface area contributed by atoms with Crippen LogP contribution in [0, 0.1) is 0 Å². The number of amides is 1. The Morgan fingerprint density at radius 3 is 2.03 bits per heavy atom. The van der Waals surface area contributed by atoms with Crippen molar-refractivity contribution in [2.45, 2.75) is 24.3 Å². The number of sulfonamides is 1. The first-order valence-electron chi connectivity index (χ1n) is 11.7. The first kappa shape index (κ1) is 24.1. The van der Waals surface area contributed by atoms with Crippen LogP contribution >= 0.6 is 0 Å². The van der Waals surface area contributed by atoms with Gasteiger partial charge in [-0.05, 0) is 48.2 Å². The summed E-state index contributed by atoms with van der Waals surface area (Å²) >= 11 is 0. The molecule has 4 rings (SSSR count). The van der Waals surface area contributed by atoms with Gasteiger partial charge in [0.1, 0.15) is 0 Å². The van der Waals surface area contributed by atoms with Gasteiger partial charge in [0.05, 0.1) is 4.90 Å². The van der Waals surface area contributed by atoms with E-state index in [1.165, 1.54) is 5.56 Å². The number of aryl methyl sites for hydroxylation is 1. The second-order valence-corrected chi connectivity index (χ2v) is 10.5. The molecule has 1 aliphatic rings. The molecule has 0 unspecified atom stereocenters. The van der Waals surface area contributed by atoms with Crippen LogP contribution in [0.3, 0.4) is 0 Å². The molecule has 3 aromatic carbocycles. The lowest BCUT2D eigenvalue weighted by atomic mass is 10.1. The molecule has 34 heavy (non-hydrogen) atoms. The van der Waals surface area contributed by atoms with E-state index in [4.69, 9.17) is 0 Å². The number of piperazine rings is 1. The third kappa shape index (κ3) is 6.32. The quantitative estimate of drug-likeness (QED) is 0.479. The Morgan fingerprint density at radius 1 is 0.765 bits per heavy atom. The molecule has 6 nitrogen and oxygen atoms in total. The molecular formula is C27H31N3O3S. The minimum Gasteiger partial charge on any atom is -0.352 e. The van der Waals surface area contributed by atoms with E-state index in [-0.39, 0.29) is 5.91 Å². The molecule has 0 bridgehead atoms. The van der Waals surface area contributed by atoms with E-state index in [0.29, 0.717) is 43.2 Å². The van der Waals surface area contributed by atoms with Crippen molar-refractivity contribution in [3.05, 3.63) is 102 Å². The fourth-order valence-corrected chi connectivity index (χ4v) is 5.57. The van der Waals surface area contributed by atoms with Gasteiger partial charge in [-0.2, -0.15) is 4.31 Å². The monoisotopic (exact) mass is 477 g/mol. The molecule has 0 aromatic heterocycles. The van der Waals surface area contributed by atoms with Gasteiger partial charge in [-0.25, -0.2) is 8.42 Å². The van der Waals surface area contributed by atoms with Crippen LogP contribution in [0.1, 0.15) is 27.9 Å². The molecule has 7 heteroatoms. The standard InChI is InChI=1S/C27H31N3O3S/c31-27(28-17-7-10-23-8-3-1-4-9-23)25-15-13-24(14-16-25)22-29-18-20-30(21-19-29)34(32,33)26-11-5-2-6-12-26/h1-6,8-9,11-16H,7,10,17-22H2,(H,28,31). The maximum Gasteiger partial charge on any atom is 0.251 e. The van der Waals surface area contributed by atoms with E-state index in [9.17, 15) is 13.2 Å². The fourth-order valence-electron chi connectivity index (χ4n) is 4.13. The molecule has 1 saturated heterocycles. The van der Waals surface area contributed by atoms with Gasteiger partial charge in [-0.3, -0.25) is 9.69 Å². The highest BCUT2D eigenvalue weighted by atomic mass is 32.2. The summed E-state index contributed by atoms with van der Waals surface area (Å²) in [4.78, 5) is 15.0. The Labute approximate surface area is 202 Å². The normalized spacial score (nSPS) is 15.2. The van der Waals surface area contributed by atoms with Crippen LogP contribution in [0.25, 0.3) is 0 Å². The van der Waals surface area contributed by atoms with Gasteiger partial charge in [0.25, 0.3) is 5.91 Å².